The minimum Gasteiger partial charge on any atom is -0.410 e. The summed E-state index contributed by atoms with van der Waals surface area (Å²) < 4.78 is 28.4. The van der Waals surface area contributed by atoms with Gasteiger partial charge in [-0.25, -0.2) is 8.93 Å². The maximum Gasteiger partial charge on any atom is 0.192 e. The summed E-state index contributed by atoms with van der Waals surface area (Å²) >= 11 is 0. The number of pyridine rings is 1. The van der Waals surface area contributed by atoms with Crippen LogP contribution in [-0.4, -0.2) is 47.6 Å². The average Bonchev–Trinajstić information content (AvgIpc) is 2.57. The van der Waals surface area contributed by atoms with Gasteiger partial charge in [0.25, 0.3) is 0 Å². The second-order valence-electron chi connectivity index (χ2n) is 9.71. The number of nitrogens with one attached hydrogen (secondary N) is 1. The van der Waals surface area contributed by atoms with Crippen LogP contribution in [0.3, 0.4) is 0 Å². The Morgan fingerprint density at radius 1 is 1.18 bits per heavy atom. The monoisotopic (exact) mass is 428 g/mol. The van der Waals surface area contributed by atoms with E-state index in [-0.39, 0.29) is 21.9 Å². The zero-order chi connectivity index (χ0) is 21.6. The van der Waals surface area contributed by atoms with Crippen molar-refractivity contribution in [3.05, 3.63) is 30.1 Å². The van der Waals surface area contributed by atoms with Crippen molar-refractivity contribution in [2.75, 3.05) is 13.2 Å². The van der Waals surface area contributed by atoms with Crippen LogP contribution in [0.1, 0.15) is 54.2 Å². The molecule has 0 aliphatic rings. The van der Waals surface area contributed by atoms with Crippen molar-refractivity contribution in [1.29, 1.82) is 0 Å². The fourth-order valence-electron chi connectivity index (χ4n) is 2.33. The first-order valence-corrected chi connectivity index (χ1v) is 14.2. The van der Waals surface area contributed by atoms with Crippen molar-refractivity contribution in [3.63, 3.8) is 0 Å². The number of hydrogen-bond acceptors (Lipinski definition) is 4. The molecule has 162 valence electrons. The molecule has 0 unspecified atom stereocenters. The van der Waals surface area contributed by atoms with E-state index in [1.165, 1.54) is 0 Å². The van der Waals surface area contributed by atoms with E-state index in [1.807, 2.05) is 45.9 Å². The van der Waals surface area contributed by atoms with Gasteiger partial charge in [-0.15, -0.1) is 0 Å². The van der Waals surface area contributed by atoms with Crippen molar-refractivity contribution in [1.82, 2.24) is 9.71 Å². The van der Waals surface area contributed by atoms with Gasteiger partial charge in [0.2, 0.25) is 0 Å². The highest BCUT2D eigenvalue weighted by atomic mass is 32.2. The number of hydrogen-bond donors (Lipinski definition) is 1. The van der Waals surface area contributed by atoms with Crippen LogP contribution in [0.4, 0.5) is 0 Å². The summed E-state index contributed by atoms with van der Waals surface area (Å²) in [6.07, 6.45) is 2.23. The van der Waals surface area contributed by atoms with Crippen molar-refractivity contribution in [3.8, 4) is 0 Å². The fourth-order valence-corrected chi connectivity index (χ4v) is 4.54. The smallest absolute Gasteiger partial charge is 0.192 e. The molecule has 0 aliphatic carbocycles. The SMILES string of the molecule is CCOC[C@@H](O[Si](C)(C)C(C)(C)C)[C@@H](Cc1ccccn1)N[S@](=O)C(C)(C)C. The molecule has 7 heteroatoms. The van der Waals surface area contributed by atoms with Crippen LogP contribution in [0.15, 0.2) is 24.4 Å². The van der Waals surface area contributed by atoms with Gasteiger partial charge < -0.3 is 9.16 Å². The molecule has 28 heavy (non-hydrogen) atoms. The molecule has 0 saturated carbocycles. The molecule has 0 aliphatic heterocycles. The lowest BCUT2D eigenvalue weighted by Gasteiger charge is -2.41. The van der Waals surface area contributed by atoms with Crippen molar-refractivity contribution >= 4 is 19.3 Å². The number of aromatic nitrogens is 1. The van der Waals surface area contributed by atoms with Crippen LogP contribution in [0, 0.1) is 0 Å². The third kappa shape index (κ3) is 8.03. The molecule has 0 radical (unpaired) electrons. The molecule has 1 aromatic rings. The van der Waals surface area contributed by atoms with Crippen molar-refractivity contribution in [2.45, 2.75) is 89.9 Å². The zero-order valence-electron chi connectivity index (χ0n) is 19.2. The molecule has 0 bridgehead atoms. The van der Waals surface area contributed by atoms with Gasteiger partial charge in [0, 0.05) is 24.9 Å². The van der Waals surface area contributed by atoms with E-state index in [9.17, 15) is 4.21 Å². The summed E-state index contributed by atoms with van der Waals surface area (Å²) in [5.41, 5.74) is 0.950. The molecule has 1 heterocycles. The van der Waals surface area contributed by atoms with E-state index in [4.69, 9.17) is 9.16 Å². The van der Waals surface area contributed by atoms with Crippen LogP contribution < -0.4 is 4.72 Å². The second-order valence-corrected chi connectivity index (χ2v) is 16.5. The van der Waals surface area contributed by atoms with Crippen LogP contribution in [0.5, 0.6) is 0 Å². The molecule has 3 atom stereocenters. The highest BCUT2D eigenvalue weighted by molar-refractivity contribution is 7.84. The maximum absolute atomic E-state index is 12.9. The summed E-state index contributed by atoms with van der Waals surface area (Å²) in [6, 6.07) is 5.73. The number of nitrogens with zero attached hydrogens (tertiary/aromatic N) is 1. The molecule has 1 N–H and O–H groups in total. The summed E-state index contributed by atoms with van der Waals surface area (Å²) in [6.45, 7) is 20.2. The number of ether oxygens (including phenoxy) is 1. The summed E-state index contributed by atoms with van der Waals surface area (Å²) in [5.74, 6) is 0. The molecule has 5 nitrogen and oxygen atoms in total. The maximum atomic E-state index is 12.9. The Morgan fingerprint density at radius 2 is 1.82 bits per heavy atom. The minimum atomic E-state index is -2.03. The third-order valence-corrected chi connectivity index (χ3v) is 11.3. The standard InChI is InChI=1S/C21H40N2O3SSi/c1-10-25-16-19(26-28(8,9)21(5,6)7)18(23-27(24)20(2,3)4)15-17-13-11-12-14-22-17/h11-14,18-19,23H,10,15-16H2,1-9H3/t18-,19-,27-/m1/s1. The Bertz CT molecular complexity index is 612. The Morgan fingerprint density at radius 3 is 2.29 bits per heavy atom. The molecular formula is C21H40N2O3SSi. The number of rotatable bonds is 10. The topological polar surface area (TPSA) is 60.5 Å². The molecule has 0 fully saturated rings. The minimum absolute atomic E-state index is 0.0796. The van der Waals surface area contributed by atoms with Crippen molar-refractivity contribution in [2.24, 2.45) is 0 Å². The molecule has 0 amide bonds. The Hall–Kier alpha value is -0.603. The zero-order valence-corrected chi connectivity index (χ0v) is 21.0. The first-order valence-electron chi connectivity index (χ1n) is 10.1. The van der Waals surface area contributed by atoms with Gasteiger partial charge in [-0.3, -0.25) is 4.98 Å². The Balaban J connectivity index is 3.18. The lowest BCUT2D eigenvalue weighted by atomic mass is 10.1. The quantitative estimate of drug-likeness (QED) is 0.559. The fraction of sp³-hybridized carbons (Fsp3) is 0.762. The molecule has 1 aromatic heterocycles. The van der Waals surface area contributed by atoms with Gasteiger partial charge in [-0.2, -0.15) is 0 Å². The van der Waals surface area contributed by atoms with Crippen LogP contribution in [0.25, 0.3) is 0 Å². The molecule has 0 aromatic carbocycles. The lowest BCUT2D eigenvalue weighted by Crippen LogP contribution is -2.54. The Kier molecular flexibility index (Phi) is 9.48. The van der Waals surface area contributed by atoms with Gasteiger partial charge in [0.05, 0.1) is 34.5 Å². The van der Waals surface area contributed by atoms with Crippen LogP contribution >= 0.6 is 0 Å². The van der Waals surface area contributed by atoms with E-state index in [0.717, 1.165) is 5.69 Å². The predicted octanol–water partition coefficient (Wildman–Crippen LogP) is 4.47. The predicted molar refractivity (Wildman–Crippen MR) is 121 cm³/mol. The van der Waals surface area contributed by atoms with Crippen LogP contribution in [0.2, 0.25) is 18.1 Å². The largest absolute Gasteiger partial charge is 0.410 e. The first-order chi connectivity index (χ1) is 12.8. The van der Waals surface area contributed by atoms with Gasteiger partial charge in [0.15, 0.2) is 8.32 Å². The van der Waals surface area contributed by atoms with E-state index in [2.05, 4.69) is 43.6 Å². The van der Waals surface area contributed by atoms with E-state index in [0.29, 0.717) is 19.6 Å². The molecule has 0 spiro atoms. The first kappa shape index (κ1) is 25.4. The lowest BCUT2D eigenvalue weighted by molar-refractivity contribution is 0.0324. The van der Waals surface area contributed by atoms with Crippen LogP contribution in [-0.2, 0) is 26.6 Å². The third-order valence-electron chi connectivity index (χ3n) is 5.16. The average molecular weight is 429 g/mol. The van der Waals surface area contributed by atoms with Gasteiger partial charge >= 0.3 is 0 Å². The summed E-state index contributed by atoms with van der Waals surface area (Å²) in [5, 5.41) is 0.0796. The van der Waals surface area contributed by atoms with Gasteiger partial charge in [-0.1, -0.05) is 26.8 Å². The van der Waals surface area contributed by atoms with Crippen molar-refractivity contribution < 1.29 is 13.4 Å². The summed E-state index contributed by atoms with van der Waals surface area (Å²) in [7, 11) is -3.25. The Labute approximate surface area is 175 Å². The molecule has 0 saturated heterocycles. The normalized spacial score (nSPS) is 16.6. The highest BCUT2D eigenvalue weighted by Gasteiger charge is 2.41. The van der Waals surface area contributed by atoms with E-state index in [1.54, 1.807) is 6.20 Å². The van der Waals surface area contributed by atoms with Gasteiger partial charge in [-0.05, 0) is 58.0 Å². The van der Waals surface area contributed by atoms with Gasteiger partial charge in [0.1, 0.15) is 0 Å². The summed E-state index contributed by atoms with van der Waals surface area (Å²) in [4.78, 5) is 4.47. The highest BCUT2D eigenvalue weighted by Crippen LogP contribution is 2.38. The molecule has 1 rings (SSSR count). The molecular weight excluding hydrogens is 388 g/mol. The van der Waals surface area contributed by atoms with E-state index >= 15 is 0 Å². The second kappa shape index (κ2) is 10.4. The van der Waals surface area contributed by atoms with E-state index < -0.39 is 19.3 Å².